The molecular formula is C18H18N2. The molecule has 0 amide bonds. The lowest BCUT2D eigenvalue weighted by atomic mass is 10.1. The van der Waals surface area contributed by atoms with Crippen LogP contribution in [0.4, 0.5) is 17.1 Å². The van der Waals surface area contributed by atoms with Crippen molar-refractivity contribution in [2.75, 3.05) is 17.7 Å². The molecule has 0 aliphatic carbocycles. The van der Waals surface area contributed by atoms with Crippen molar-refractivity contribution in [2.24, 2.45) is 0 Å². The number of benzene rings is 3. The highest BCUT2D eigenvalue weighted by atomic mass is 14.9. The molecule has 3 aromatic carbocycles. The van der Waals surface area contributed by atoms with Gasteiger partial charge in [-0.25, -0.2) is 0 Å². The van der Waals surface area contributed by atoms with Gasteiger partial charge >= 0.3 is 0 Å². The molecule has 0 aromatic heterocycles. The molecule has 0 aliphatic rings. The first-order valence-electron chi connectivity index (χ1n) is 6.82. The zero-order valence-corrected chi connectivity index (χ0v) is 11.8. The maximum atomic E-state index is 3.55. The normalized spacial score (nSPS) is 10.5. The van der Waals surface area contributed by atoms with Crippen molar-refractivity contribution in [2.45, 2.75) is 6.92 Å². The number of aryl methyl sites for hydroxylation is 1. The lowest BCUT2D eigenvalue weighted by Crippen LogP contribution is -1.96. The summed E-state index contributed by atoms with van der Waals surface area (Å²) in [5, 5.41) is 9.28. The van der Waals surface area contributed by atoms with E-state index in [1.165, 1.54) is 16.3 Å². The average Bonchev–Trinajstić information content (AvgIpc) is 2.49. The molecule has 2 N–H and O–H groups in total. The van der Waals surface area contributed by atoms with Crippen LogP contribution in [0.5, 0.6) is 0 Å². The second-order valence-corrected chi connectivity index (χ2v) is 4.90. The lowest BCUT2D eigenvalue weighted by Gasteiger charge is -2.14. The Bertz CT molecular complexity index is 742. The minimum atomic E-state index is 1.13. The Morgan fingerprint density at radius 1 is 0.700 bits per heavy atom. The van der Waals surface area contributed by atoms with Crippen LogP contribution >= 0.6 is 0 Å². The molecule has 0 heterocycles. The van der Waals surface area contributed by atoms with Crippen LogP contribution in [0.15, 0.2) is 60.7 Å². The molecule has 3 rings (SSSR count). The Labute approximate surface area is 119 Å². The summed E-state index contributed by atoms with van der Waals surface area (Å²) in [5.74, 6) is 0. The lowest BCUT2D eigenvalue weighted by molar-refractivity contribution is 1.44. The molecule has 0 unspecified atom stereocenters. The van der Waals surface area contributed by atoms with E-state index in [9.17, 15) is 0 Å². The predicted octanol–water partition coefficient (Wildman–Crippen LogP) is 4.93. The van der Waals surface area contributed by atoms with Crippen molar-refractivity contribution in [3.05, 3.63) is 66.2 Å². The van der Waals surface area contributed by atoms with Crippen LogP contribution in [0.1, 0.15) is 5.56 Å². The van der Waals surface area contributed by atoms with Gasteiger partial charge in [0.05, 0.1) is 0 Å². The fraction of sp³-hybridized carbons (Fsp3) is 0.111. The number of hydrogen-bond donors (Lipinski definition) is 2. The Morgan fingerprint density at radius 2 is 1.35 bits per heavy atom. The van der Waals surface area contributed by atoms with Crippen molar-refractivity contribution >= 4 is 27.8 Å². The van der Waals surface area contributed by atoms with Crippen LogP contribution in [0.3, 0.4) is 0 Å². The topological polar surface area (TPSA) is 24.1 Å². The molecule has 100 valence electrons. The molecule has 20 heavy (non-hydrogen) atoms. The van der Waals surface area contributed by atoms with E-state index in [2.05, 4.69) is 78.2 Å². The fourth-order valence-electron chi connectivity index (χ4n) is 2.51. The molecule has 3 aromatic rings. The van der Waals surface area contributed by atoms with Crippen molar-refractivity contribution in [1.29, 1.82) is 0 Å². The number of anilines is 3. The standard InChI is InChI=1S/C18H18N2/c1-13-7-3-4-10-15(13)20-17-12-6-9-14-8-5-11-16(19-2)18(14)17/h3-12,19-20H,1-2H3. The Kier molecular flexibility index (Phi) is 3.30. The van der Waals surface area contributed by atoms with Crippen molar-refractivity contribution in [1.82, 2.24) is 0 Å². The molecular weight excluding hydrogens is 244 g/mol. The van der Waals surface area contributed by atoms with E-state index < -0.39 is 0 Å². The maximum absolute atomic E-state index is 3.55. The number of hydrogen-bond acceptors (Lipinski definition) is 2. The highest BCUT2D eigenvalue weighted by Gasteiger charge is 2.06. The quantitative estimate of drug-likeness (QED) is 0.699. The van der Waals surface area contributed by atoms with Gasteiger partial charge < -0.3 is 10.6 Å². The van der Waals surface area contributed by atoms with E-state index >= 15 is 0 Å². The molecule has 0 radical (unpaired) electrons. The van der Waals surface area contributed by atoms with Crippen LogP contribution < -0.4 is 10.6 Å². The third-order valence-corrected chi connectivity index (χ3v) is 3.59. The van der Waals surface area contributed by atoms with Gasteiger partial charge in [-0.15, -0.1) is 0 Å². The zero-order chi connectivity index (χ0) is 13.9. The first-order chi connectivity index (χ1) is 9.79. The van der Waals surface area contributed by atoms with Gasteiger partial charge in [-0.1, -0.05) is 42.5 Å². The summed E-state index contributed by atoms with van der Waals surface area (Å²) >= 11 is 0. The van der Waals surface area contributed by atoms with E-state index in [4.69, 9.17) is 0 Å². The smallest absolute Gasteiger partial charge is 0.0484 e. The third kappa shape index (κ3) is 2.21. The van der Waals surface area contributed by atoms with Gasteiger partial charge in [0, 0.05) is 29.5 Å². The summed E-state index contributed by atoms with van der Waals surface area (Å²) in [6.07, 6.45) is 0. The molecule has 0 aliphatic heterocycles. The minimum Gasteiger partial charge on any atom is -0.388 e. The number of para-hydroxylation sites is 1. The Balaban J connectivity index is 2.14. The van der Waals surface area contributed by atoms with Gasteiger partial charge in [0.15, 0.2) is 0 Å². The Morgan fingerprint density at radius 3 is 2.05 bits per heavy atom. The van der Waals surface area contributed by atoms with Crippen LogP contribution in [0.2, 0.25) is 0 Å². The van der Waals surface area contributed by atoms with Crippen LogP contribution in [0.25, 0.3) is 10.8 Å². The average molecular weight is 262 g/mol. The van der Waals surface area contributed by atoms with Gasteiger partial charge in [-0.2, -0.15) is 0 Å². The molecule has 0 saturated heterocycles. The summed E-state index contributed by atoms with van der Waals surface area (Å²) in [6, 6.07) is 21.0. The van der Waals surface area contributed by atoms with Crippen LogP contribution in [-0.2, 0) is 0 Å². The second-order valence-electron chi connectivity index (χ2n) is 4.90. The van der Waals surface area contributed by atoms with E-state index in [1.807, 2.05) is 7.05 Å². The molecule has 2 nitrogen and oxygen atoms in total. The fourth-order valence-corrected chi connectivity index (χ4v) is 2.51. The summed E-state index contributed by atoms with van der Waals surface area (Å²) in [5.41, 5.74) is 4.65. The maximum Gasteiger partial charge on any atom is 0.0484 e. The number of nitrogens with one attached hydrogen (secondary N) is 2. The first kappa shape index (κ1) is 12.5. The van der Waals surface area contributed by atoms with Gasteiger partial charge in [0.25, 0.3) is 0 Å². The van der Waals surface area contributed by atoms with Gasteiger partial charge in [0.1, 0.15) is 0 Å². The van der Waals surface area contributed by atoms with E-state index in [0.717, 1.165) is 17.1 Å². The first-order valence-corrected chi connectivity index (χ1v) is 6.82. The van der Waals surface area contributed by atoms with Gasteiger partial charge in [-0.05, 0) is 36.1 Å². The zero-order valence-electron chi connectivity index (χ0n) is 11.8. The summed E-state index contributed by atoms with van der Waals surface area (Å²) in [6.45, 7) is 2.12. The summed E-state index contributed by atoms with van der Waals surface area (Å²) in [7, 11) is 1.96. The molecule has 0 bridgehead atoms. The highest BCUT2D eigenvalue weighted by Crippen LogP contribution is 2.32. The third-order valence-electron chi connectivity index (χ3n) is 3.59. The second kappa shape index (κ2) is 5.25. The van der Waals surface area contributed by atoms with Crippen LogP contribution in [0, 0.1) is 6.92 Å². The predicted molar refractivity (Wildman–Crippen MR) is 88.0 cm³/mol. The molecule has 0 atom stereocenters. The summed E-state index contributed by atoms with van der Waals surface area (Å²) in [4.78, 5) is 0. The van der Waals surface area contributed by atoms with Crippen molar-refractivity contribution < 1.29 is 0 Å². The van der Waals surface area contributed by atoms with E-state index in [-0.39, 0.29) is 0 Å². The van der Waals surface area contributed by atoms with E-state index in [1.54, 1.807) is 0 Å². The summed E-state index contributed by atoms with van der Waals surface area (Å²) < 4.78 is 0. The van der Waals surface area contributed by atoms with Crippen LogP contribution in [-0.4, -0.2) is 7.05 Å². The molecule has 0 saturated carbocycles. The Hall–Kier alpha value is -2.48. The largest absolute Gasteiger partial charge is 0.388 e. The van der Waals surface area contributed by atoms with E-state index in [0.29, 0.717) is 0 Å². The highest BCUT2D eigenvalue weighted by molar-refractivity contribution is 6.04. The SMILES string of the molecule is CNc1cccc2cccc(Nc3ccccc3C)c12. The monoisotopic (exact) mass is 262 g/mol. The number of rotatable bonds is 3. The van der Waals surface area contributed by atoms with Crippen molar-refractivity contribution in [3.8, 4) is 0 Å². The minimum absolute atomic E-state index is 1.13. The number of fused-ring (bicyclic) bond motifs is 1. The van der Waals surface area contributed by atoms with Crippen molar-refractivity contribution in [3.63, 3.8) is 0 Å². The molecule has 0 fully saturated rings. The van der Waals surface area contributed by atoms with Gasteiger partial charge in [-0.3, -0.25) is 0 Å². The van der Waals surface area contributed by atoms with Gasteiger partial charge in [0.2, 0.25) is 0 Å². The molecule has 0 spiro atoms. The molecule has 2 heteroatoms.